The van der Waals surface area contributed by atoms with Crippen molar-refractivity contribution in [3.63, 3.8) is 0 Å². The third-order valence-electron chi connectivity index (χ3n) is 3.42. The molecule has 0 unspecified atom stereocenters. The van der Waals surface area contributed by atoms with Crippen LogP contribution in [-0.2, 0) is 6.54 Å². The summed E-state index contributed by atoms with van der Waals surface area (Å²) < 4.78 is 0. The van der Waals surface area contributed by atoms with Crippen molar-refractivity contribution < 1.29 is 0 Å². The molecule has 0 aromatic heterocycles. The predicted octanol–water partition coefficient (Wildman–Crippen LogP) is 3.59. The second-order valence-corrected chi connectivity index (χ2v) is 5.04. The highest BCUT2D eigenvalue weighted by Gasteiger charge is 2.10. The first-order valence-corrected chi connectivity index (χ1v) is 6.31. The lowest BCUT2D eigenvalue weighted by Crippen LogP contribution is -2.21. The fourth-order valence-corrected chi connectivity index (χ4v) is 2.32. The van der Waals surface area contributed by atoms with Crippen LogP contribution in [-0.4, -0.2) is 24.4 Å². The minimum Gasteiger partial charge on any atom is -0.301 e. The third kappa shape index (κ3) is 2.99. The normalized spacial score (nSPS) is 11.2. The van der Waals surface area contributed by atoms with Gasteiger partial charge in [-0.05, 0) is 62.6 Å². The zero-order chi connectivity index (χ0) is 12.3. The van der Waals surface area contributed by atoms with Crippen molar-refractivity contribution in [3.05, 3.63) is 33.9 Å². The maximum atomic E-state index is 5.76. The Morgan fingerprint density at radius 2 is 1.56 bits per heavy atom. The van der Waals surface area contributed by atoms with E-state index in [0.717, 1.165) is 13.1 Å². The molecule has 0 heterocycles. The van der Waals surface area contributed by atoms with Gasteiger partial charge in [-0.3, -0.25) is 0 Å². The Morgan fingerprint density at radius 1 is 1.06 bits per heavy atom. The zero-order valence-electron chi connectivity index (χ0n) is 11.0. The Balaban J connectivity index is 3.03. The summed E-state index contributed by atoms with van der Waals surface area (Å²) in [6.07, 6.45) is 0. The Hall–Kier alpha value is -0.530. The molecule has 1 aromatic rings. The summed E-state index contributed by atoms with van der Waals surface area (Å²) in [6, 6.07) is 2.27. The van der Waals surface area contributed by atoms with Crippen LogP contribution >= 0.6 is 11.6 Å². The van der Waals surface area contributed by atoms with Gasteiger partial charge >= 0.3 is 0 Å². The van der Waals surface area contributed by atoms with Crippen LogP contribution in [0.1, 0.15) is 27.8 Å². The van der Waals surface area contributed by atoms with Gasteiger partial charge in [0.15, 0.2) is 0 Å². The van der Waals surface area contributed by atoms with Crippen LogP contribution < -0.4 is 0 Å². The maximum absolute atomic E-state index is 5.76. The molecule has 0 spiro atoms. The second-order valence-electron chi connectivity index (χ2n) is 4.67. The van der Waals surface area contributed by atoms with Gasteiger partial charge < -0.3 is 4.90 Å². The molecule has 0 atom stereocenters. The minimum absolute atomic E-state index is 0.694. The van der Waals surface area contributed by atoms with Crippen LogP contribution in [0.2, 0.25) is 0 Å². The molecule has 0 aliphatic heterocycles. The van der Waals surface area contributed by atoms with Gasteiger partial charge in [-0.2, -0.15) is 0 Å². The first kappa shape index (κ1) is 13.5. The van der Waals surface area contributed by atoms with Crippen molar-refractivity contribution in [2.75, 3.05) is 19.5 Å². The quantitative estimate of drug-likeness (QED) is 0.726. The van der Waals surface area contributed by atoms with Gasteiger partial charge in [0.2, 0.25) is 0 Å². The van der Waals surface area contributed by atoms with Crippen LogP contribution in [0.5, 0.6) is 0 Å². The van der Waals surface area contributed by atoms with E-state index in [1.165, 1.54) is 27.8 Å². The number of benzene rings is 1. The molecule has 0 aliphatic carbocycles. The number of hydrogen-bond donors (Lipinski definition) is 0. The van der Waals surface area contributed by atoms with Crippen molar-refractivity contribution >= 4 is 11.6 Å². The van der Waals surface area contributed by atoms with Crippen molar-refractivity contribution in [2.45, 2.75) is 34.2 Å². The van der Waals surface area contributed by atoms with E-state index in [4.69, 9.17) is 11.6 Å². The molecule has 0 aliphatic rings. The van der Waals surface area contributed by atoms with E-state index in [9.17, 15) is 0 Å². The molecule has 1 aromatic carbocycles. The molecular weight excluding hydrogens is 218 g/mol. The summed E-state index contributed by atoms with van der Waals surface area (Å²) in [5.74, 6) is 0.694. The van der Waals surface area contributed by atoms with Crippen LogP contribution in [0.25, 0.3) is 0 Å². The van der Waals surface area contributed by atoms with E-state index in [2.05, 4.69) is 45.7 Å². The Kier molecular flexibility index (Phi) is 4.82. The smallest absolute Gasteiger partial charge is 0.0351 e. The van der Waals surface area contributed by atoms with Crippen molar-refractivity contribution in [1.29, 1.82) is 0 Å². The van der Waals surface area contributed by atoms with Gasteiger partial charge in [0.25, 0.3) is 0 Å². The minimum atomic E-state index is 0.694. The molecule has 0 saturated heterocycles. The van der Waals surface area contributed by atoms with E-state index in [-0.39, 0.29) is 0 Å². The fraction of sp³-hybridized carbons (Fsp3) is 0.571. The van der Waals surface area contributed by atoms with E-state index in [0.29, 0.717) is 5.88 Å². The topological polar surface area (TPSA) is 3.24 Å². The van der Waals surface area contributed by atoms with Crippen molar-refractivity contribution in [1.82, 2.24) is 4.90 Å². The monoisotopic (exact) mass is 239 g/mol. The van der Waals surface area contributed by atoms with Gasteiger partial charge in [-0.25, -0.2) is 0 Å². The SMILES string of the molecule is Cc1cc(C)c(C)c(CN(C)CCCl)c1C. The molecule has 0 bridgehead atoms. The first-order valence-electron chi connectivity index (χ1n) is 5.78. The molecule has 1 nitrogen and oxygen atoms in total. The molecule has 16 heavy (non-hydrogen) atoms. The highest BCUT2D eigenvalue weighted by atomic mass is 35.5. The molecule has 0 saturated carbocycles. The van der Waals surface area contributed by atoms with E-state index in [1.807, 2.05) is 0 Å². The van der Waals surface area contributed by atoms with Gasteiger partial charge in [0, 0.05) is 19.0 Å². The van der Waals surface area contributed by atoms with Crippen LogP contribution in [0.15, 0.2) is 6.07 Å². The van der Waals surface area contributed by atoms with Gasteiger partial charge in [-0.15, -0.1) is 11.6 Å². The van der Waals surface area contributed by atoms with Crippen LogP contribution in [0, 0.1) is 27.7 Å². The number of rotatable bonds is 4. The summed E-state index contributed by atoms with van der Waals surface area (Å²) in [5.41, 5.74) is 7.08. The van der Waals surface area contributed by atoms with Crippen LogP contribution in [0.4, 0.5) is 0 Å². The molecule has 0 amide bonds. The largest absolute Gasteiger partial charge is 0.301 e. The first-order chi connectivity index (χ1) is 7.47. The average molecular weight is 240 g/mol. The lowest BCUT2D eigenvalue weighted by atomic mass is 9.94. The Morgan fingerprint density at radius 3 is 2.00 bits per heavy atom. The summed E-state index contributed by atoms with van der Waals surface area (Å²) in [4.78, 5) is 2.28. The van der Waals surface area contributed by atoms with Gasteiger partial charge in [0.1, 0.15) is 0 Å². The molecule has 0 N–H and O–H groups in total. The second kappa shape index (κ2) is 5.70. The van der Waals surface area contributed by atoms with E-state index >= 15 is 0 Å². The molecular formula is C14H22ClN. The summed E-state index contributed by atoms with van der Waals surface area (Å²) >= 11 is 5.76. The van der Waals surface area contributed by atoms with Crippen molar-refractivity contribution in [2.24, 2.45) is 0 Å². The standard InChI is InChI=1S/C14H22ClN/c1-10-8-11(2)13(4)14(12(10)3)9-16(5)7-6-15/h8H,6-7,9H2,1-5H3. The number of halogens is 1. The molecule has 0 radical (unpaired) electrons. The molecule has 1 rings (SSSR count). The molecule has 2 heteroatoms. The number of aryl methyl sites for hydroxylation is 2. The average Bonchev–Trinajstić information content (AvgIpc) is 2.22. The zero-order valence-corrected chi connectivity index (χ0v) is 11.8. The Labute approximate surface area is 104 Å². The van der Waals surface area contributed by atoms with Crippen molar-refractivity contribution in [3.8, 4) is 0 Å². The molecule has 0 fully saturated rings. The summed E-state index contributed by atoms with van der Waals surface area (Å²) in [6.45, 7) is 10.7. The lowest BCUT2D eigenvalue weighted by Gasteiger charge is -2.21. The summed E-state index contributed by atoms with van der Waals surface area (Å²) in [5, 5.41) is 0. The van der Waals surface area contributed by atoms with Gasteiger partial charge in [0.05, 0.1) is 0 Å². The van der Waals surface area contributed by atoms with E-state index < -0.39 is 0 Å². The third-order valence-corrected chi connectivity index (χ3v) is 3.58. The number of hydrogen-bond acceptors (Lipinski definition) is 1. The van der Waals surface area contributed by atoms with Gasteiger partial charge in [-0.1, -0.05) is 6.07 Å². The number of nitrogens with zero attached hydrogens (tertiary/aromatic N) is 1. The predicted molar refractivity (Wildman–Crippen MR) is 72.4 cm³/mol. The Bertz CT molecular complexity index is 345. The molecule has 90 valence electrons. The van der Waals surface area contributed by atoms with Crippen LogP contribution in [0.3, 0.4) is 0 Å². The van der Waals surface area contributed by atoms with E-state index in [1.54, 1.807) is 0 Å². The highest BCUT2D eigenvalue weighted by molar-refractivity contribution is 6.18. The highest BCUT2D eigenvalue weighted by Crippen LogP contribution is 2.22. The lowest BCUT2D eigenvalue weighted by molar-refractivity contribution is 0.346. The fourth-order valence-electron chi connectivity index (χ4n) is 2.03. The summed E-state index contributed by atoms with van der Waals surface area (Å²) in [7, 11) is 2.12. The maximum Gasteiger partial charge on any atom is 0.0351 e. The number of alkyl halides is 1.